The van der Waals surface area contributed by atoms with E-state index in [-0.39, 0.29) is 0 Å². The van der Waals surface area contributed by atoms with Crippen molar-refractivity contribution in [2.45, 2.75) is 13.0 Å². The van der Waals surface area contributed by atoms with Crippen molar-refractivity contribution in [2.24, 2.45) is 5.73 Å². The number of hydrogen-bond donors (Lipinski definition) is 1. The fourth-order valence-corrected chi connectivity index (χ4v) is 0.892. The number of likely N-dealkylation sites (N-methyl/N-ethyl adjacent to an activating group) is 1. The van der Waals surface area contributed by atoms with E-state index < -0.39 is 0 Å². The van der Waals surface area contributed by atoms with E-state index in [0.29, 0.717) is 12.4 Å². The molecule has 0 spiro atoms. The fourth-order valence-electron chi connectivity index (χ4n) is 0.892. The van der Waals surface area contributed by atoms with E-state index in [1.807, 2.05) is 14.1 Å². The van der Waals surface area contributed by atoms with Crippen molar-refractivity contribution >= 4 is 0 Å². The van der Waals surface area contributed by atoms with Gasteiger partial charge >= 0.3 is 0 Å². The lowest BCUT2D eigenvalue weighted by Crippen LogP contribution is -2.14. The molecule has 0 atom stereocenters. The van der Waals surface area contributed by atoms with Crippen molar-refractivity contribution in [3.8, 4) is 0 Å². The first-order chi connectivity index (χ1) is 5.72. The van der Waals surface area contributed by atoms with Gasteiger partial charge in [0.2, 0.25) is 5.89 Å². The molecule has 0 aliphatic heterocycles. The van der Waals surface area contributed by atoms with Crippen molar-refractivity contribution in [3.05, 3.63) is 17.8 Å². The number of rotatable bonds is 4. The maximum atomic E-state index is 5.35. The SMILES string of the molecule is CN(C)CCc1cnc(CN)o1. The summed E-state index contributed by atoms with van der Waals surface area (Å²) in [6.45, 7) is 1.35. The minimum absolute atomic E-state index is 0.377. The lowest BCUT2D eigenvalue weighted by Gasteiger charge is -2.06. The molecule has 0 aliphatic carbocycles. The van der Waals surface area contributed by atoms with Crippen LogP contribution in [0.5, 0.6) is 0 Å². The first-order valence-corrected chi connectivity index (χ1v) is 4.00. The summed E-state index contributed by atoms with van der Waals surface area (Å²) in [5, 5.41) is 0. The Morgan fingerprint density at radius 3 is 2.83 bits per heavy atom. The summed E-state index contributed by atoms with van der Waals surface area (Å²) in [7, 11) is 4.06. The Hall–Kier alpha value is -0.870. The molecule has 4 heteroatoms. The quantitative estimate of drug-likeness (QED) is 0.701. The summed E-state index contributed by atoms with van der Waals surface area (Å²) in [5.74, 6) is 1.52. The first kappa shape index (κ1) is 9.22. The van der Waals surface area contributed by atoms with E-state index in [1.165, 1.54) is 0 Å². The molecule has 2 N–H and O–H groups in total. The van der Waals surface area contributed by atoms with Gasteiger partial charge in [0.1, 0.15) is 5.76 Å². The van der Waals surface area contributed by atoms with Gasteiger partial charge in [-0.25, -0.2) is 4.98 Å². The molecule has 0 saturated carbocycles. The average molecular weight is 169 g/mol. The maximum absolute atomic E-state index is 5.35. The predicted octanol–water partition coefficient (Wildman–Crippen LogP) is 0.237. The van der Waals surface area contributed by atoms with Gasteiger partial charge < -0.3 is 15.1 Å². The summed E-state index contributed by atoms with van der Waals surface area (Å²) in [4.78, 5) is 6.10. The minimum atomic E-state index is 0.377. The topological polar surface area (TPSA) is 55.3 Å². The van der Waals surface area contributed by atoms with Gasteiger partial charge in [0.15, 0.2) is 0 Å². The highest BCUT2D eigenvalue weighted by Gasteiger charge is 2.01. The molecule has 1 aromatic heterocycles. The normalized spacial score (nSPS) is 11.0. The van der Waals surface area contributed by atoms with Crippen molar-refractivity contribution in [3.63, 3.8) is 0 Å². The average Bonchev–Trinajstić information content (AvgIpc) is 2.48. The van der Waals surface area contributed by atoms with Crippen LogP contribution in [-0.4, -0.2) is 30.5 Å². The van der Waals surface area contributed by atoms with Crippen LogP contribution < -0.4 is 5.73 Å². The lowest BCUT2D eigenvalue weighted by atomic mass is 10.3. The highest BCUT2D eigenvalue weighted by molar-refractivity contribution is 4.94. The summed E-state index contributed by atoms with van der Waals surface area (Å²) in [6.07, 6.45) is 2.63. The molecule has 12 heavy (non-hydrogen) atoms. The van der Waals surface area contributed by atoms with E-state index in [1.54, 1.807) is 6.20 Å². The Morgan fingerprint density at radius 2 is 2.33 bits per heavy atom. The van der Waals surface area contributed by atoms with Crippen molar-refractivity contribution in [2.75, 3.05) is 20.6 Å². The summed E-state index contributed by atoms with van der Waals surface area (Å²) in [5.41, 5.74) is 5.35. The van der Waals surface area contributed by atoms with Crippen molar-refractivity contribution in [1.29, 1.82) is 0 Å². The Kier molecular flexibility index (Phi) is 3.25. The smallest absolute Gasteiger partial charge is 0.208 e. The van der Waals surface area contributed by atoms with Crippen LogP contribution in [0.1, 0.15) is 11.7 Å². The molecule has 68 valence electrons. The third-order valence-corrected chi connectivity index (χ3v) is 1.58. The molecule has 0 aliphatic rings. The second-order valence-corrected chi connectivity index (χ2v) is 2.98. The van der Waals surface area contributed by atoms with Gasteiger partial charge in [0, 0.05) is 13.0 Å². The molecule has 0 radical (unpaired) electrons. The molecular weight excluding hydrogens is 154 g/mol. The van der Waals surface area contributed by atoms with Crippen LogP contribution in [0.3, 0.4) is 0 Å². The van der Waals surface area contributed by atoms with Crippen molar-refractivity contribution in [1.82, 2.24) is 9.88 Å². The molecule has 0 saturated heterocycles. The first-order valence-electron chi connectivity index (χ1n) is 4.00. The molecule has 1 rings (SSSR count). The summed E-state index contributed by atoms with van der Waals surface area (Å²) < 4.78 is 5.32. The van der Waals surface area contributed by atoms with Gasteiger partial charge in [0.25, 0.3) is 0 Å². The van der Waals surface area contributed by atoms with Gasteiger partial charge in [-0.1, -0.05) is 0 Å². The third-order valence-electron chi connectivity index (χ3n) is 1.58. The van der Waals surface area contributed by atoms with Crippen LogP contribution in [0, 0.1) is 0 Å². The van der Waals surface area contributed by atoms with Gasteiger partial charge in [-0.2, -0.15) is 0 Å². The van der Waals surface area contributed by atoms with E-state index in [9.17, 15) is 0 Å². The summed E-state index contributed by atoms with van der Waals surface area (Å²) in [6, 6.07) is 0. The van der Waals surface area contributed by atoms with Gasteiger partial charge in [-0.3, -0.25) is 0 Å². The zero-order valence-electron chi connectivity index (χ0n) is 7.58. The van der Waals surface area contributed by atoms with E-state index in [0.717, 1.165) is 18.7 Å². The number of nitrogens with zero attached hydrogens (tertiary/aromatic N) is 2. The van der Waals surface area contributed by atoms with Crippen molar-refractivity contribution < 1.29 is 4.42 Å². The Bertz CT molecular complexity index is 232. The highest BCUT2D eigenvalue weighted by atomic mass is 16.4. The number of aromatic nitrogens is 1. The maximum Gasteiger partial charge on any atom is 0.208 e. The van der Waals surface area contributed by atoms with Crippen LogP contribution in [0.2, 0.25) is 0 Å². The molecule has 0 bridgehead atoms. The zero-order chi connectivity index (χ0) is 8.97. The van der Waals surface area contributed by atoms with Crippen LogP contribution in [0.25, 0.3) is 0 Å². The summed E-state index contributed by atoms with van der Waals surface area (Å²) >= 11 is 0. The van der Waals surface area contributed by atoms with Gasteiger partial charge in [-0.15, -0.1) is 0 Å². The van der Waals surface area contributed by atoms with Gasteiger partial charge in [0.05, 0.1) is 12.7 Å². The van der Waals surface area contributed by atoms with E-state index in [4.69, 9.17) is 10.2 Å². The highest BCUT2D eigenvalue weighted by Crippen LogP contribution is 2.03. The van der Waals surface area contributed by atoms with Crippen LogP contribution in [-0.2, 0) is 13.0 Å². The Balaban J connectivity index is 2.41. The second-order valence-electron chi connectivity index (χ2n) is 2.98. The Labute approximate surface area is 72.4 Å². The standard InChI is InChI=1S/C8H15N3O/c1-11(2)4-3-7-6-10-8(5-9)12-7/h6H,3-5,9H2,1-2H3. The number of hydrogen-bond acceptors (Lipinski definition) is 4. The van der Waals surface area contributed by atoms with E-state index in [2.05, 4.69) is 9.88 Å². The van der Waals surface area contributed by atoms with Gasteiger partial charge in [-0.05, 0) is 14.1 Å². The molecule has 0 unspecified atom stereocenters. The molecule has 1 heterocycles. The molecule has 0 aromatic carbocycles. The zero-order valence-corrected chi connectivity index (χ0v) is 7.58. The molecular formula is C8H15N3O. The third kappa shape index (κ3) is 2.64. The number of oxazole rings is 1. The van der Waals surface area contributed by atoms with Crippen LogP contribution >= 0.6 is 0 Å². The van der Waals surface area contributed by atoms with Crippen LogP contribution in [0.4, 0.5) is 0 Å². The molecule has 0 fully saturated rings. The lowest BCUT2D eigenvalue weighted by molar-refractivity contribution is 0.381. The molecule has 1 aromatic rings. The predicted molar refractivity (Wildman–Crippen MR) is 46.7 cm³/mol. The van der Waals surface area contributed by atoms with Crippen LogP contribution in [0.15, 0.2) is 10.6 Å². The number of nitrogens with two attached hydrogens (primary N) is 1. The molecule has 0 amide bonds. The fraction of sp³-hybridized carbons (Fsp3) is 0.625. The Morgan fingerprint density at radius 1 is 1.58 bits per heavy atom. The monoisotopic (exact) mass is 169 g/mol. The minimum Gasteiger partial charge on any atom is -0.444 e. The molecule has 4 nitrogen and oxygen atoms in total. The second kappa shape index (κ2) is 4.23. The largest absolute Gasteiger partial charge is 0.444 e. The van der Waals surface area contributed by atoms with E-state index >= 15 is 0 Å².